The van der Waals surface area contributed by atoms with Gasteiger partial charge < -0.3 is 15.7 Å². The number of aliphatic carboxylic acids is 1. The number of fused-ring (bicyclic) bond motifs is 1. The number of rotatable bonds is 2. The summed E-state index contributed by atoms with van der Waals surface area (Å²) in [6, 6.07) is 4.59. The fraction of sp³-hybridized carbons (Fsp3) is 0.500. The number of carboxylic acid groups (broad SMARTS) is 1. The fourth-order valence-corrected chi connectivity index (χ4v) is 3.84. The summed E-state index contributed by atoms with van der Waals surface area (Å²) in [4.78, 5) is 25.9. The number of amides is 1. The lowest BCUT2D eigenvalue weighted by atomic mass is 9.94. The number of nitrogens with zero attached hydrogens (tertiary/aromatic N) is 1. The highest BCUT2D eigenvalue weighted by Gasteiger charge is 2.49. The van der Waals surface area contributed by atoms with Crippen molar-refractivity contribution < 1.29 is 14.7 Å². The van der Waals surface area contributed by atoms with Gasteiger partial charge in [-0.15, -0.1) is 0 Å². The number of hydrogen-bond acceptors (Lipinski definition) is 3. The van der Waals surface area contributed by atoms with E-state index in [9.17, 15) is 14.7 Å². The minimum Gasteiger partial charge on any atom is -0.480 e. The van der Waals surface area contributed by atoms with Gasteiger partial charge in [0.1, 0.15) is 6.04 Å². The fourth-order valence-electron chi connectivity index (χ4n) is 3.84. The molecule has 3 atom stereocenters. The molecule has 2 aliphatic rings. The summed E-state index contributed by atoms with van der Waals surface area (Å²) >= 11 is 0. The highest BCUT2D eigenvalue weighted by molar-refractivity contribution is 6.01. The van der Waals surface area contributed by atoms with Crippen molar-refractivity contribution in [3.05, 3.63) is 29.3 Å². The van der Waals surface area contributed by atoms with Gasteiger partial charge in [0.2, 0.25) is 0 Å². The van der Waals surface area contributed by atoms with Crippen molar-refractivity contribution in [2.45, 2.75) is 32.2 Å². The zero-order chi connectivity index (χ0) is 15.1. The number of carbonyl (C=O) groups excluding carboxylic acids is 1. The van der Waals surface area contributed by atoms with Gasteiger partial charge in [0.25, 0.3) is 5.91 Å². The van der Waals surface area contributed by atoms with Crippen molar-refractivity contribution in [3.63, 3.8) is 0 Å². The van der Waals surface area contributed by atoms with Gasteiger partial charge in [-0.2, -0.15) is 0 Å². The van der Waals surface area contributed by atoms with Gasteiger partial charge >= 0.3 is 5.97 Å². The van der Waals surface area contributed by atoms with E-state index < -0.39 is 12.0 Å². The summed E-state index contributed by atoms with van der Waals surface area (Å²) in [7, 11) is 0. The molecule has 3 rings (SSSR count). The van der Waals surface area contributed by atoms with Crippen LogP contribution in [0.2, 0.25) is 0 Å². The SMILES string of the molecule is Cc1ccc(N)c(C(=O)N2CC3CCCC3C2C(=O)O)c1. The molecular weight excluding hydrogens is 268 g/mol. The number of aryl methyl sites for hydroxylation is 1. The summed E-state index contributed by atoms with van der Waals surface area (Å²) in [5.74, 6) is -0.736. The van der Waals surface area contributed by atoms with Crippen molar-refractivity contribution in [1.29, 1.82) is 0 Å². The molecule has 5 nitrogen and oxygen atoms in total. The minimum absolute atomic E-state index is 0.0949. The van der Waals surface area contributed by atoms with E-state index in [1.165, 1.54) is 4.90 Å². The number of anilines is 1. The van der Waals surface area contributed by atoms with E-state index in [0.717, 1.165) is 24.8 Å². The number of benzene rings is 1. The predicted molar refractivity (Wildman–Crippen MR) is 78.9 cm³/mol. The third-order valence-electron chi connectivity index (χ3n) is 4.84. The molecule has 0 bridgehead atoms. The summed E-state index contributed by atoms with van der Waals surface area (Å²) in [5, 5.41) is 9.53. The lowest BCUT2D eigenvalue weighted by molar-refractivity contribution is -0.142. The molecule has 21 heavy (non-hydrogen) atoms. The van der Waals surface area contributed by atoms with Gasteiger partial charge in [0.15, 0.2) is 0 Å². The molecule has 5 heteroatoms. The first-order chi connectivity index (χ1) is 9.99. The van der Waals surface area contributed by atoms with E-state index >= 15 is 0 Å². The first kappa shape index (κ1) is 13.9. The first-order valence-corrected chi connectivity index (χ1v) is 7.39. The van der Waals surface area contributed by atoms with Crippen LogP contribution >= 0.6 is 0 Å². The average Bonchev–Trinajstić information content (AvgIpc) is 3.00. The van der Waals surface area contributed by atoms with Crippen LogP contribution in [0.3, 0.4) is 0 Å². The Morgan fingerprint density at radius 2 is 2.10 bits per heavy atom. The molecule has 1 aliphatic heterocycles. The molecule has 3 N–H and O–H groups in total. The molecule has 1 amide bonds. The normalized spacial score (nSPS) is 27.7. The number of likely N-dealkylation sites (tertiary alicyclic amines) is 1. The molecular formula is C16H20N2O3. The molecule has 1 aromatic carbocycles. The number of carboxylic acids is 1. The lowest BCUT2D eigenvalue weighted by Crippen LogP contribution is -2.43. The molecule has 2 fully saturated rings. The summed E-state index contributed by atoms with van der Waals surface area (Å²) < 4.78 is 0. The topological polar surface area (TPSA) is 83.6 Å². The van der Waals surface area contributed by atoms with Crippen LogP contribution in [0.25, 0.3) is 0 Å². The van der Waals surface area contributed by atoms with E-state index in [0.29, 0.717) is 23.7 Å². The van der Waals surface area contributed by atoms with Crippen molar-refractivity contribution in [1.82, 2.24) is 4.90 Å². The molecule has 1 saturated carbocycles. The number of hydrogen-bond donors (Lipinski definition) is 2. The van der Waals surface area contributed by atoms with E-state index in [1.807, 2.05) is 13.0 Å². The summed E-state index contributed by atoms with van der Waals surface area (Å²) in [5.41, 5.74) is 7.67. The van der Waals surface area contributed by atoms with Crippen LogP contribution in [-0.2, 0) is 4.79 Å². The van der Waals surface area contributed by atoms with Gasteiger partial charge in [0, 0.05) is 12.2 Å². The first-order valence-electron chi connectivity index (χ1n) is 7.39. The molecule has 1 saturated heterocycles. The quantitative estimate of drug-likeness (QED) is 0.814. The Bertz CT molecular complexity index is 599. The van der Waals surface area contributed by atoms with E-state index in [-0.39, 0.29) is 11.8 Å². The second-order valence-corrected chi connectivity index (χ2v) is 6.19. The lowest BCUT2D eigenvalue weighted by Gasteiger charge is -2.25. The van der Waals surface area contributed by atoms with Crippen molar-refractivity contribution in [3.8, 4) is 0 Å². The highest BCUT2D eigenvalue weighted by Crippen LogP contribution is 2.43. The minimum atomic E-state index is -0.899. The molecule has 1 aromatic rings. The third kappa shape index (κ3) is 2.26. The van der Waals surface area contributed by atoms with E-state index in [2.05, 4.69) is 0 Å². The van der Waals surface area contributed by atoms with Gasteiger partial charge in [-0.3, -0.25) is 4.79 Å². The number of carbonyl (C=O) groups is 2. The number of nitrogen functional groups attached to an aromatic ring is 1. The van der Waals surface area contributed by atoms with Gasteiger partial charge in [-0.05, 0) is 43.7 Å². The van der Waals surface area contributed by atoms with Crippen LogP contribution in [0.15, 0.2) is 18.2 Å². The maximum Gasteiger partial charge on any atom is 0.326 e. The molecule has 0 spiro atoms. The Morgan fingerprint density at radius 3 is 2.81 bits per heavy atom. The molecule has 112 valence electrons. The average molecular weight is 288 g/mol. The standard InChI is InChI=1S/C16H20N2O3/c1-9-5-6-13(17)12(7-9)15(19)18-8-10-3-2-4-11(10)14(18)16(20)21/h5-7,10-11,14H,2-4,8,17H2,1H3,(H,20,21). The zero-order valence-electron chi connectivity index (χ0n) is 12.1. The largest absolute Gasteiger partial charge is 0.480 e. The van der Waals surface area contributed by atoms with Crippen LogP contribution in [-0.4, -0.2) is 34.5 Å². The second kappa shape index (κ2) is 5.06. The van der Waals surface area contributed by atoms with Crippen LogP contribution in [0.4, 0.5) is 5.69 Å². The zero-order valence-corrected chi connectivity index (χ0v) is 12.1. The maximum atomic E-state index is 12.7. The highest BCUT2D eigenvalue weighted by atomic mass is 16.4. The Balaban J connectivity index is 1.93. The Hall–Kier alpha value is -2.04. The smallest absolute Gasteiger partial charge is 0.326 e. The van der Waals surface area contributed by atoms with Crippen LogP contribution < -0.4 is 5.73 Å². The van der Waals surface area contributed by atoms with Crippen molar-refractivity contribution in [2.24, 2.45) is 11.8 Å². The van der Waals surface area contributed by atoms with Gasteiger partial charge in [-0.25, -0.2) is 4.79 Å². The predicted octanol–water partition coefficient (Wildman–Crippen LogP) is 1.90. The van der Waals surface area contributed by atoms with Crippen LogP contribution in [0.1, 0.15) is 35.2 Å². The second-order valence-electron chi connectivity index (χ2n) is 6.19. The Kier molecular flexibility index (Phi) is 3.35. The number of nitrogens with two attached hydrogens (primary N) is 1. The van der Waals surface area contributed by atoms with E-state index in [1.54, 1.807) is 12.1 Å². The molecule has 3 unspecified atom stereocenters. The molecule has 0 radical (unpaired) electrons. The Labute approximate surface area is 123 Å². The van der Waals surface area contributed by atoms with Gasteiger partial charge in [-0.1, -0.05) is 18.1 Å². The van der Waals surface area contributed by atoms with E-state index in [4.69, 9.17) is 5.73 Å². The molecule has 1 aliphatic carbocycles. The third-order valence-corrected chi connectivity index (χ3v) is 4.84. The van der Waals surface area contributed by atoms with Gasteiger partial charge in [0.05, 0.1) is 5.56 Å². The molecule has 1 heterocycles. The molecule has 0 aromatic heterocycles. The summed E-state index contributed by atoms with van der Waals surface area (Å²) in [6.07, 6.45) is 2.98. The maximum absolute atomic E-state index is 12.7. The summed E-state index contributed by atoms with van der Waals surface area (Å²) in [6.45, 7) is 2.43. The van der Waals surface area contributed by atoms with Crippen LogP contribution in [0, 0.1) is 18.8 Å². The monoisotopic (exact) mass is 288 g/mol. The van der Waals surface area contributed by atoms with Crippen LogP contribution in [0.5, 0.6) is 0 Å². The van der Waals surface area contributed by atoms with Crippen molar-refractivity contribution in [2.75, 3.05) is 12.3 Å². The van der Waals surface area contributed by atoms with Crippen molar-refractivity contribution >= 4 is 17.6 Å². The Morgan fingerprint density at radius 1 is 1.33 bits per heavy atom.